The number of halogens is 1. The highest BCUT2D eigenvalue weighted by atomic mass is 35.5. The van der Waals surface area contributed by atoms with Gasteiger partial charge in [-0.25, -0.2) is 0 Å². The zero-order valence-corrected chi connectivity index (χ0v) is 11.5. The number of hydrogen-bond donors (Lipinski definition) is 0. The third-order valence-electron chi connectivity index (χ3n) is 2.92. The molecule has 2 aromatic rings. The molecule has 2 heteroatoms. The van der Waals surface area contributed by atoms with Crippen LogP contribution in [0.5, 0.6) is 0 Å². The lowest BCUT2D eigenvalue weighted by molar-refractivity contribution is 0.0417. The molecule has 0 aromatic heterocycles. The fourth-order valence-corrected chi connectivity index (χ4v) is 2.03. The van der Waals surface area contributed by atoms with E-state index in [1.807, 2.05) is 48.5 Å². The van der Waals surface area contributed by atoms with Crippen molar-refractivity contribution in [2.75, 3.05) is 0 Å². The van der Waals surface area contributed by atoms with Crippen LogP contribution in [0.15, 0.2) is 67.3 Å². The molecule has 2 aromatic carbocycles. The van der Waals surface area contributed by atoms with E-state index in [0.717, 1.165) is 17.0 Å². The first-order valence-corrected chi connectivity index (χ1v) is 6.69. The van der Waals surface area contributed by atoms with Gasteiger partial charge >= 0.3 is 0 Å². The smallest absolute Gasteiger partial charge is 0.0863 e. The molecule has 0 fully saturated rings. The Hall–Kier alpha value is -1.57. The third kappa shape index (κ3) is 4.23. The van der Waals surface area contributed by atoms with E-state index >= 15 is 0 Å². The molecule has 0 heterocycles. The molecule has 98 valence electrons. The Kier molecular flexibility index (Phi) is 5.20. The summed E-state index contributed by atoms with van der Waals surface area (Å²) in [7, 11) is 0. The zero-order chi connectivity index (χ0) is 13.5. The van der Waals surface area contributed by atoms with Gasteiger partial charge in [-0.3, -0.25) is 0 Å². The van der Waals surface area contributed by atoms with Crippen molar-refractivity contribution < 1.29 is 4.74 Å². The Bertz CT molecular complexity index is 505. The average molecular weight is 273 g/mol. The van der Waals surface area contributed by atoms with Gasteiger partial charge in [0.15, 0.2) is 0 Å². The second-order valence-corrected chi connectivity index (χ2v) is 4.80. The summed E-state index contributed by atoms with van der Waals surface area (Å²) < 4.78 is 5.98. The fourth-order valence-electron chi connectivity index (χ4n) is 1.90. The highest BCUT2D eigenvalue weighted by Gasteiger charge is 2.10. The molecule has 2 rings (SSSR count). The van der Waals surface area contributed by atoms with E-state index in [0.29, 0.717) is 6.61 Å². The van der Waals surface area contributed by atoms with Gasteiger partial charge in [0, 0.05) is 5.02 Å². The minimum atomic E-state index is 0.0231. The predicted octanol–water partition coefficient (Wildman–Crippen LogP) is 5.17. The van der Waals surface area contributed by atoms with Gasteiger partial charge in [0.2, 0.25) is 0 Å². The average Bonchev–Trinajstić information content (AvgIpc) is 2.46. The highest BCUT2D eigenvalue weighted by molar-refractivity contribution is 6.30. The van der Waals surface area contributed by atoms with Crippen LogP contribution < -0.4 is 0 Å². The maximum absolute atomic E-state index is 5.98. The van der Waals surface area contributed by atoms with E-state index in [2.05, 4.69) is 18.7 Å². The second kappa shape index (κ2) is 7.13. The van der Waals surface area contributed by atoms with Crippen LogP contribution in [0.2, 0.25) is 5.02 Å². The van der Waals surface area contributed by atoms with Crippen LogP contribution in [0.3, 0.4) is 0 Å². The normalized spacial score (nSPS) is 12.1. The van der Waals surface area contributed by atoms with E-state index in [9.17, 15) is 0 Å². The lowest BCUT2D eigenvalue weighted by Gasteiger charge is -2.17. The van der Waals surface area contributed by atoms with Crippen molar-refractivity contribution in [3.63, 3.8) is 0 Å². The van der Waals surface area contributed by atoms with Crippen molar-refractivity contribution in [3.05, 3.63) is 83.4 Å². The van der Waals surface area contributed by atoms with Crippen molar-refractivity contribution in [2.45, 2.75) is 19.1 Å². The van der Waals surface area contributed by atoms with E-state index in [1.54, 1.807) is 0 Å². The molecule has 1 nitrogen and oxygen atoms in total. The SMILES string of the molecule is C=CCC(OCc1ccccc1)c1ccc(Cl)cc1. The van der Waals surface area contributed by atoms with Crippen molar-refractivity contribution in [1.82, 2.24) is 0 Å². The first-order valence-electron chi connectivity index (χ1n) is 6.31. The van der Waals surface area contributed by atoms with Crippen LogP contribution in [0.1, 0.15) is 23.7 Å². The van der Waals surface area contributed by atoms with Gasteiger partial charge in [0.25, 0.3) is 0 Å². The maximum Gasteiger partial charge on any atom is 0.0863 e. The minimum Gasteiger partial charge on any atom is -0.369 e. The number of hydrogen-bond acceptors (Lipinski definition) is 1. The molecule has 0 amide bonds. The maximum atomic E-state index is 5.98. The fraction of sp³-hybridized carbons (Fsp3) is 0.176. The summed E-state index contributed by atoms with van der Waals surface area (Å²) in [6.07, 6.45) is 2.69. The molecular formula is C17H17ClO. The van der Waals surface area contributed by atoms with Gasteiger partial charge in [-0.05, 0) is 29.7 Å². The summed E-state index contributed by atoms with van der Waals surface area (Å²) in [5, 5.41) is 0.740. The molecule has 0 aliphatic heterocycles. The van der Waals surface area contributed by atoms with Gasteiger partial charge in [-0.1, -0.05) is 60.1 Å². The van der Waals surface area contributed by atoms with Crippen LogP contribution >= 0.6 is 11.6 Å². The van der Waals surface area contributed by atoms with Crippen molar-refractivity contribution in [2.24, 2.45) is 0 Å². The van der Waals surface area contributed by atoms with Gasteiger partial charge in [0.05, 0.1) is 12.7 Å². The number of rotatable bonds is 6. The first kappa shape index (κ1) is 13.9. The Morgan fingerprint density at radius 1 is 1.05 bits per heavy atom. The van der Waals surface area contributed by atoms with E-state index < -0.39 is 0 Å². The lowest BCUT2D eigenvalue weighted by Crippen LogP contribution is -2.03. The van der Waals surface area contributed by atoms with E-state index in [1.165, 1.54) is 5.56 Å². The molecule has 1 atom stereocenters. The second-order valence-electron chi connectivity index (χ2n) is 4.36. The molecule has 1 unspecified atom stereocenters. The number of ether oxygens (including phenoxy) is 1. The molecule has 0 N–H and O–H groups in total. The molecule has 0 aliphatic carbocycles. The van der Waals surface area contributed by atoms with Gasteiger partial charge in [-0.15, -0.1) is 6.58 Å². The van der Waals surface area contributed by atoms with E-state index in [4.69, 9.17) is 16.3 Å². The summed E-state index contributed by atoms with van der Waals surface area (Å²) in [6.45, 7) is 4.39. The molecule has 19 heavy (non-hydrogen) atoms. The highest BCUT2D eigenvalue weighted by Crippen LogP contribution is 2.24. The van der Waals surface area contributed by atoms with Crippen molar-refractivity contribution in [3.8, 4) is 0 Å². The first-order chi connectivity index (χ1) is 9.29. The summed E-state index contributed by atoms with van der Waals surface area (Å²) >= 11 is 5.91. The molecular weight excluding hydrogens is 256 g/mol. The zero-order valence-electron chi connectivity index (χ0n) is 10.8. The Morgan fingerprint density at radius 3 is 2.37 bits per heavy atom. The van der Waals surface area contributed by atoms with Crippen LogP contribution in [-0.4, -0.2) is 0 Å². The standard InChI is InChI=1S/C17H17ClO/c1-2-6-17(15-9-11-16(18)12-10-15)19-13-14-7-4-3-5-8-14/h2-5,7-12,17H,1,6,13H2. The summed E-state index contributed by atoms with van der Waals surface area (Å²) in [5.41, 5.74) is 2.30. The lowest BCUT2D eigenvalue weighted by atomic mass is 10.1. The number of benzene rings is 2. The van der Waals surface area contributed by atoms with Gasteiger partial charge < -0.3 is 4.74 Å². The molecule has 0 saturated carbocycles. The minimum absolute atomic E-state index is 0.0231. The Balaban J connectivity index is 2.04. The quantitative estimate of drug-likeness (QED) is 0.659. The molecule has 0 saturated heterocycles. The summed E-state index contributed by atoms with van der Waals surface area (Å²) in [6, 6.07) is 17.9. The Morgan fingerprint density at radius 2 is 1.74 bits per heavy atom. The molecule has 0 radical (unpaired) electrons. The monoisotopic (exact) mass is 272 g/mol. The topological polar surface area (TPSA) is 9.23 Å². The van der Waals surface area contributed by atoms with Crippen molar-refractivity contribution in [1.29, 1.82) is 0 Å². The summed E-state index contributed by atoms with van der Waals surface area (Å²) in [4.78, 5) is 0. The van der Waals surface area contributed by atoms with Gasteiger partial charge in [-0.2, -0.15) is 0 Å². The van der Waals surface area contributed by atoms with Crippen LogP contribution in [0.25, 0.3) is 0 Å². The van der Waals surface area contributed by atoms with Crippen LogP contribution in [0, 0.1) is 0 Å². The molecule has 0 aliphatic rings. The van der Waals surface area contributed by atoms with E-state index in [-0.39, 0.29) is 6.10 Å². The third-order valence-corrected chi connectivity index (χ3v) is 3.17. The van der Waals surface area contributed by atoms with Gasteiger partial charge in [0.1, 0.15) is 0 Å². The van der Waals surface area contributed by atoms with Crippen molar-refractivity contribution >= 4 is 11.6 Å². The predicted molar refractivity (Wildman–Crippen MR) is 80.2 cm³/mol. The molecule has 0 spiro atoms. The van der Waals surface area contributed by atoms with Crippen LogP contribution in [-0.2, 0) is 11.3 Å². The Labute approximate surface area is 119 Å². The largest absolute Gasteiger partial charge is 0.369 e. The van der Waals surface area contributed by atoms with Crippen LogP contribution in [0.4, 0.5) is 0 Å². The molecule has 0 bridgehead atoms. The summed E-state index contributed by atoms with van der Waals surface area (Å²) in [5.74, 6) is 0.